The zero-order valence-corrected chi connectivity index (χ0v) is 10.9. The normalized spacial score (nSPS) is 11.1. The van der Waals surface area contributed by atoms with Crippen LogP contribution in [-0.4, -0.2) is 40.1 Å². The molecule has 0 unspecified atom stereocenters. The van der Waals surface area contributed by atoms with Gasteiger partial charge in [-0.2, -0.15) is 0 Å². The standard InChI is InChI=1S/C7H15Cl3O2Si/c8-2-1-7-13(11-5-3-9)12-6-4-10/h13H,1-7H2. The number of hydrogen-bond donors (Lipinski definition) is 0. The predicted octanol–water partition coefficient (Wildman–Crippen LogP) is 2.35. The predicted molar refractivity (Wildman–Crippen MR) is 60.6 cm³/mol. The van der Waals surface area contributed by atoms with E-state index >= 15 is 0 Å². The van der Waals surface area contributed by atoms with Crippen molar-refractivity contribution in [3.8, 4) is 0 Å². The van der Waals surface area contributed by atoms with Gasteiger partial charge in [-0.15, -0.1) is 34.8 Å². The maximum Gasteiger partial charge on any atom is 0.321 e. The smallest absolute Gasteiger partial charge is 0.321 e. The Hall–Kier alpha value is 1.01. The summed E-state index contributed by atoms with van der Waals surface area (Å²) in [6, 6.07) is 0.928. The fourth-order valence-electron chi connectivity index (χ4n) is 0.811. The van der Waals surface area contributed by atoms with E-state index in [1.54, 1.807) is 0 Å². The maximum atomic E-state index is 5.57. The van der Waals surface area contributed by atoms with Gasteiger partial charge < -0.3 is 8.85 Å². The van der Waals surface area contributed by atoms with Crippen molar-refractivity contribution in [3.05, 3.63) is 0 Å². The average Bonchev–Trinajstić information content (AvgIpc) is 2.17. The van der Waals surface area contributed by atoms with Crippen LogP contribution in [0.15, 0.2) is 0 Å². The molecule has 0 aromatic carbocycles. The molecular weight excluding hydrogens is 251 g/mol. The van der Waals surface area contributed by atoms with E-state index in [2.05, 4.69) is 0 Å². The molecule has 13 heavy (non-hydrogen) atoms. The third kappa shape index (κ3) is 9.31. The highest BCUT2D eigenvalue weighted by atomic mass is 35.5. The van der Waals surface area contributed by atoms with Crippen LogP contribution in [-0.2, 0) is 8.85 Å². The second-order valence-electron chi connectivity index (χ2n) is 2.38. The summed E-state index contributed by atoms with van der Waals surface area (Å²) in [4.78, 5) is 0. The van der Waals surface area contributed by atoms with Crippen LogP contribution in [0.2, 0.25) is 6.04 Å². The molecule has 0 aliphatic rings. The molecule has 0 bridgehead atoms. The monoisotopic (exact) mass is 264 g/mol. The molecular formula is C7H15Cl3O2Si. The zero-order chi connectivity index (χ0) is 9.94. The van der Waals surface area contributed by atoms with Gasteiger partial charge in [-0.3, -0.25) is 0 Å². The molecule has 0 saturated carbocycles. The first-order valence-electron chi connectivity index (χ1n) is 4.26. The Morgan fingerprint density at radius 2 is 1.38 bits per heavy atom. The minimum absolute atomic E-state index is 0.509. The molecule has 0 heterocycles. The molecule has 0 radical (unpaired) electrons. The van der Waals surface area contributed by atoms with E-state index in [0.29, 0.717) is 30.9 Å². The lowest BCUT2D eigenvalue weighted by Crippen LogP contribution is -2.25. The molecule has 0 spiro atoms. The van der Waals surface area contributed by atoms with Crippen LogP contribution in [0.25, 0.3) is 0 Å². The fourth-order valence-corrected chi connectivity index (χ4v) is 3.43. The molecule has 6 heteroatoms. The first kappa shape index (κ1) is 14.0. The third-order valence-corrected chi connectivity index (χ3v) is 4.01. The molecule has 0 aromatic rings. The van der Waals surface area contributed by atoms with Gasteiger partial charge in [-0.05, 0) is 12.5 Å². The van der Waals surface area contributed by atoms with Crippen molar-refractivity contribution in [2.45, 2.75) is 12.5 Å². The lowest BCUT2D eigenvalue weighted by atomic mass is 10.6. The van der Waals surface area contributed by atoms with Gasteiger partial charge in [-0.25, -0.2) is 0 Å². The van der Waals surface area contributed by atoms with E-state index in [-0.39, 0.29) is 0 Å². The lowest BCUT2D eigenvalue weighted by molar-refractivity contribution is 0.215. The van der Waals surface area contributed by atoms with Gasteiger partial charge in [0.05, 0.1) is 0 Å². The summed E-state index contributed by atoms with van der Waals surface area (Å²) in [5.41, 5.74) is 0. The van der Waals surface area contributed by atoms with Gasteiger partial charge in [0, 0.05) is 30.9 Å². The Bertz CT molecular complexity index is 88.7. The maximum absolute atomic E-state index is 5.57. The van der Waals surface area contributed by atoms with Crippen molar-refractivity contribution in [3.63, 3.8) is 0 Å². The Balaban J connectivity index is 3.47. The minimum Gasteiger partial charge on any atom is -0.395 e. The van der Waals surface area contributed by atoms with Gasteiger partial charge in [0.15, 0.2) is 0 Å². The molecule has 0 aromatic heterocycles. The highest BCUT2D eigenvalue weighted by Gasteiger charge is 2.11. The number of hydrogen-bond acceptors (Lipinski definition) is 2. The number of halogens is 3. The second kappa shape index (κ2) is 11.1. The molecule has 0 fully saturated rings. The van der Waals surface area contributed by atoms with Crippen LogP contribution in [0.3, 0.4) is 0 Å². The molecule has 2 nitrogen and oxygen atoms in total. The first-order chi connectivity index (χ1) is 6.35. The molecule has 0 amide bonds. The van der Waals surface area contributed by atoms with Gasteiger partial charge >= 0.3 is 9.28 Å². The van der Waals surface area contributed by atoms with Crippen LogP contribution < -0.4 is 0 Å². The van der Waals surface area contributed by atoms with Crippen molar-refractivity contribution in [1.82, 2.24) is 0 Å². The zero-order valence-electron chi connectivity index (χ0n) is 7.48. The van der Waals surface area contributed by atoms with Crippen molar-refractivity contribution < 1.29 is 8.85 Å². The fraction of sp³-hybridized carbons (Fsp3) is 1.00. The van der Waals surface area contributed by atoms with Gasteiger partial charge in [0.25, 0.3) is 0 Å². The summed E-state index contributed by atoms with van der Waals surface area (Å²) in [5, 5.41) is 0. The summed E-state index contributed by atoms with van der Waals surface area (Å²) in [7, 11) is -1.54. The van der Waals surface area contributed by atoms with Crippen molar-refractivity contribution in [2.24, 2.45) is 0 Å². The second-order valence-corrected chi connectivity index (χ2v) is 5.62. The Kier molecular flexibility index (Phi) is 11.9. The van der Waals surface area contributed by atoms with Crippen LogP contribution in [0.1, 0.15) is 6.42 Å². The van der Waals surface area contributed by atoms with E-state index in [0.717, 1.165) is 12.5 Å². The van der Waals surface area contributed by atoms with E-state index in [1.165, 1.54) is 0 Å². The van der Waals surface area contributed by atoms with Crippen LogP contribution >= 0.6 is 34.8 Å². The van der Waals surface area contributed by atoms with Crippen LogP contribution in [0.5, 0.6) is 0 Å². The third-order valence-electron chi connectivity index (χ3n) is 1.34. The highest BCUT2D eigenvalue weighted by Crippen LogP contribution is 2.03. The highest BCUT2D eigenvalue weighted by molar-refractivity contribution is 6.44. The molecule has 80 valence electrons. The van der Waals surface area contributed by atoms with Crippen molar-refractivity contribution in [1.29, 1.82) is 0 Å². The first-order valence-corrected chi connectivity index (χ1v) is 7.62. The largest absolute Gasteiger partial charge is 0.395 e. The van der Waals surface area contributed by atoms with Crippen molar-refractivity contribution in [2.75, 3.05) is 30.9 Å². The summed E-state index contributed by atoms with van der Waals surface area (Å²) >= 11 is 16.6. The number of alkyl halides is 3. The topological polar surface area (TPSA) is 18.5 Å². The Labute approximate surface area is 96.3 Å². The van der Waals surface area contributed by atoms with E-state index in [1.807, 2.05) is 0 Å². The molecule has 0 atom stereocenters. The Morgan fingerprint density at radius 3 is 1.77 bits per heavy atom. The minimum atomic E-state index is -1.54. The van der Waals surface area contributed by atoms with E-state index < -0.39 is 9.28 Å². The van der Waals surface area contributed by atoms with Crippen molar-refractivity contribution >= 4 is 44.1 Å². The van der Waals surface area contributed by atoms with E-state index in [4.69, 9.17) is 43.7 Å². The molecule has 0 aliphatic carbocycles. The molecule has 0 rings (SSSR count). The van der Waals surface area contributed by atoms with Gasteiger partial charge in [0.2, 0.25) is 0 Å². The lowest BCUT2D eigenvalue weighted by Gasteiger charge is -2.14. The molecule has 0 saturated heterocycles. The number of rotatable bonds is 9. The van der Waals surface area contributed by atoms with Crippen LogP contribution in [0, 0.1) is 0 Å². The molecule has 0 aliphatic heterocycles. The Morgan fingerprint density at radius 1 is 0.846 bits per heavy atom. The summed E-state index contributed by atoms with van der Waals surface area (Å²) in [6.45, 7) is 1.12. The quantitative estimate of drug-likeness (QED) is 0.471. The van der Waals surface area contributed by atoms with Gasteiger partial charge in [-0.1, -0.05) is 0 Å². The summed E-state index contributed by atoms with van der Waals surface area (Å²) in [5.74, 6) is 1.67. The van der Waals surface area contributed by atoms with Crippen LogP contribution in [0.4, 0.5) is 0 Å². The summed E-state index contributed by atoms with van der Waals surface area (Å²) in [6.07, 6.45) is 0.934. The van der Waals surface area contributed by atoms with E-state index in [9.17, 15) is 0 Å². The SMILES string of the molecule is ClCCC[SiH](OCCCl)OCCCl. The summed E-state index contributed by atoms with van der Waals surface area (Å²) < 4.78 is 10.9. The molecule has 0 N–H and O–H groups in total. The van der Waals surface area contributed by atoms with Gasteiger partial charge in [0.1, 0.15) is 0 Å². The average molecular weight is 266 g/mol.